The Hall–Kier alpha value is -2.46. The van der Waals surface area contributed by atoms with Crippen LogP contribution in [0.25, 0.3) is 0 Å². The van der Waals surface area contributed by atoms with Gasteiger partial charge in [-0.25, -0.2) is 9.97 Å². The molecule has 4 rings (SSSR count). The second-order valence-electron chi connectivity index (χ2n) is 7.72. The molecule has 0 saturated carbocycles. The lowest BCUT2D eigenvalue weighted by atomic mass is 9.94. The maximum atomic E-state index is 12.9. The maximum absolute atomic E-state index is 12.9. The number of morpholine rings is 1. The monoisotopic (exact) mass is 422 g/mol. The van der Waals surface area contributed by atoms with Crippen molar-refractivity contribution in [3.63, 3.8) is 0 Å². The van der Waals surface area contributed by atoms with Gasteiger partial charge in [0.05, 0.1) is 30.5 Å². The molecule has 7 nitrogen and oxygen atoms in total. The largest absolute Gasteiger partial charge is 0.417 e. The fourth-order valence-electron chi connectivity index (χ4n) is 3.98. The van der Waals surface area contributed by atoms with Gasteiger partial charge in [0.25, 0.3) is 0 Å². The third kappa shape index (κ3) is 4.81. The van der Waals surface area contributed by atoms with E-state index in [4.69, 9.17) is 15.5 Å². The molecule has 162 valence electrons. The van der Waals surface area contributed by atoms with E-state index < -0.39 is 11.7 Å². The Morgan fingerprint density at radius 2 is 2.00 bits per heavy atom. The number of aromatic nitrogens is 3. The number of rotatable bonds is 4. The highest BCUT2D eigenvalue weighted by Crippen LogP contribution is 2.32. The molecule has 0 amide bonds. The van der Waals surface area contributed by atoms with Crippen LogP contribution in [0.4, 0.5) is 24.8 Å². The highest BCUT2D eigenvalue weighted by molar-refractivity contribution is 5.49. The Morgan fingerprint density at radius 1 is 1.20 bits per heavy atom. The zero-order valence-corrected chi connectivity index (χ0v) is 16.5. The SMILES string of the molecule is Nc1cc(N2CCOCC2c2ccc(C(F)(F)F)cn2)nc(CC2CCNCC2)n1. The van der Waals surface area contributed by atoms with Gasteiger partial charge in [-0.15, -0.1) is 0 Å². The van der Waals surface area contributed by atoms with Gasteiger partial charge in [0.1, 0.15) is 17.5 Å². The van der Waals surface area contributed by atoms with Crippen molar-refractivity contribution in [3.05, 3.63) is 41.5 Å². The third-order valence-electron chi connectivity index (χ3n) is 5.59. The number of hydrogen-bond donors (Lipinski definition) is 2. The van der Waals surface area contributed by atoms with Gasteiger partial charge in [-0.3, -0.25) is 4.98 Å². The molecular formula is C20H25F3N6O. The number of nitrogens with two attached hydrogens (primary N) is 1. The van der Waals surface area contributed by atoms with Crippen molar-refractivity contribution in [1.29, 1.82) is 0 Å². The molecule has 1 unspecified atom stereocenters. The minimum atomic E-state index is -4.42. The molecule has 2 aliphatic rings. The first kappa shape index (κ1) is 20.8. The first-order chi connectivity index (χ1) is 14.4. The van der Waals surface area contributed by atoms with Crippen LogP contribution in [0.2, 0.25) is 0 Å². The number of nitrogen functional groups attached to an aromatic ring is 1. The Balaban J connectivity index is 1.57. The summed E-state index contributed by atoms with van der Waals surface area (Å²) in [6, 6.07) is 3.80. The molecule has 0 radical (unpaired) electrons. The minimum Gasteiger partial charge on any atom is -0.384 e. The molecule has 2 fully saturated rings. The molecule has 4 heterocycles. The van der Waals surface area contributed by atoms with E-state index in [2.05, 4.69) is 15.3 Å². The molecule has 30 heavy (non-hydrogen) atoms. The van der Waals surface area contributed by atoms with E-state index in [1.54, 1.807) is 6.07 Å². The molecule has 0 aromatic carbocycles. The Bertz CT molecular complexity index is 855. The van der Waals surface area contributed by atoms with E-state index in [9.17, 15) is 13.2 Å². The normalized spacial score (nSPS) is 21.0. The lowest BCUT2D eigenvalue weighted by molar-refractivity contribution is -0.137. The van der Waals surface area contributed by atoms with Crippen LogP contribution in [0, 0.1) is 5.92 Å². The summed E-state index contributed by atoms with van der Waals surface area (Å²) in [6.07, 6.45) is -0.655. The molecule has 3 N–H and O–H groups in total. The third-order valence-corrected chi connectivity index (χ3v) is 5.59. The molecule has 2 saturated heterocycles. The van der Waals surface area contributed by atoms with Crippen LogP contribution in [-0.2, 0) is 17.3 Å². The van der Waals surface area contributed by atoms with Gasteiger partial charge in [-0.1, -0.05) is 0 Å². The fraction of sp³-hybridized carbons (Fsp3) is 0.550. The number of nitrogens with zero attached hydrogens (tertiary/aromatic N) is 4. The van der Waals surface area contributed by atoms with Crippen LogP contribution in [0.15, 0.2) is 24.4 Å². The molecule has 2 aliphatic heterocycles. The Morgan fingerprint density at radius 3 is 2.70 bits per heavy atom. The first-order valence-corrected chi connectivity index (χ1v) is 10.1. The predicted molar refractivity (Wildman–Crippen MR) is 106 cm³/mol. The summed E-state index contributed by atoms with van der Waals surface area (Å²) in [5, 5.41) is 3.35. The highest BCUT2D eigenvalue weighted by Gasteiger charge is 2.32. The van der Waals surface area contributed by atoms with Crippen molar-refractivity contribution in [2.75, 3.05) is 43.5 Å². The Labute approximate surface area is 172 Å². The van der Waals surface area contributed by atoms with Crippen molar-refractivity contribution in [2.45, 2.75) is 31.5 Å². The predicted octanol–water partition coefficient (Wildman–Crippen LogP) is 2.59. The maximum Gasteiger partial charge on any atom is 0.417 e. The van der Waals surface area contributed by atoms with Gasteiger partial charge in [0.2, 0.25) is 0 Å². The van der Waals surface area contributed by atoms with Gasteiger partial charge >= 0.3 is 6.18 Å². The fourth-order valence-corrected chi connectivity index (χ4v) is 3.98. The standard InChI is InChI=1S/C20H25F3N6O/c21-20(22,23)14-1-2-15(26-11-14)16-12-30-8-7-29(16)19-10-17(24)27-18(28-19)9-13-3-5-25-6-4-13/h1-2,10-11,13,16,25H,3-9,12H2,(H2,24,27,28). The Kier molecular flexibility index (Phi) is 6.05. The van der Waals surface area contributed by atoms with E-state index in [0.717, 1.165) is 44.6 Å². The van der Waals surface area contributed by atoms with Gasteiger partial charge in [-0.2, -0.15) is 13.2 Å². The average Bonchev–Trinajstić information content (AvgIpc) is 2.73. The molecular weight excluding hydrogens is 397 g/mol. The quantitative estimate of drug-likeness (QED) is 0.783. The molecule has 0 aliphatic carbocycles. The van der Waals surface area contributed by atoms with E-state index in [1.807, 2.05) is 4.90 Å². The summed E-state index contributed by atoms with van der Waals surface area (Å²) >= 11 is 0. The van der Waals surface area contributed by atoms with Crippen LogP contribution < -0.4 is 16.0 Å². The molecule has 2 aromatic heterocycles. The minimum absolute atomic E-state index is 0.311. The number of halogens is 3. The van der Waals surface area contributed by atoms with Gasteiger partial charge < -0.3 is 20.7 Å². The van der Waals surface area contributed by atoms with Crippen LogP contribution in [0.5, 0.6) is 0 Å². The topological polar surface area (TPSA) is 89.2 Å². The highest BCUT2D eigenvalue weighted by atomic mass is 19.4. The summed E-state index contributed by atoms with van der Waals surface area (Å²) in [6.45, 7) is 3.32. The number of anilines is 2. The van der Waals surface area contributed by atoms with Crippen LogP contribution >= 0.6 is 0 Å². The van der Waals surface area contributed by atoms with Crippen molar-refractivity contribution in [3.8, 4) is 0 Å². The summed E-state index contributed by atoms with van der Waals surface area (Å²) in [5.74, 6) is 2.25. The van der Waals surface area contributed by atoms with Crippen molar-refractivity contribution < 1.29 is 17.9 Å². The van der Waals surface area contributed by atoms with Crippen LogP contribution in [0.3, 0.4) is 0 Å². The van der Waals surface area contributed by atoms with E-state index >= 15 is 0 Å². The molecule has 0 spiro atoms. The summed E-state index contributed by atoms with van der Waals surface area (Å²) < 4.78 is 44.2. The van der Waals surface area contributed by atoms with Crippen molar-refractivity contribution in [1.82, 2.24) is 20.3 Å². The zero-order chi connectivity index (χ0) is 21.1. The number of pyridine rings is 1. The molecule has 10 heteroatoms. The zero-order valence-electron chi connectivity index (χ0n) is 16.5. The number of alkyl halides is 3. The second kappa shape index (κ2) is 8.73. The van der Waals surface area contributed by atoms with Crippen molar-refractivity contribution in [2.24, 2.45) is 5.92 Å². The summed E-state index contributed by atoms with van der Waals surface area (Å²) in [5.41, 5.74) is 5.79. The number of hydrogen-bond acceptors (Lipinski definition) is 7. The van der Waals surface area contributed by atoms with Gasteiger partial charge in [0.15, 0.2) is 0 Å². The molecule has 2 aromatic rings. The smallest absolute Gasteiger partial charge is 0.384 e. The second-order valence-corrected chi connectivity index (χ2v) is 7.72. The number of ether oxygens (including phenoxy) is 1. The lowest BCUT2D eigenvalue weighted by Crippen LogP contribution is -2.40. The number of piperidine rings is 1. The van der Waals surface area contributed by atoms with Crippen molar-refractivity contribution >= 4 is 11.6 Å². The molecule has 0 bridgehead atoms. The van der Waals surface area contributed by atoms with Crippen LogP contribution in [0.1, 0.15) is 36.0 Å². The van der Waals surface area contributed by atoms with E-state index in [-0.39, 0.29) is 6.04 Å². The average molecular weight is 422 g/mol. The van der Waals surface area contributed by atoms with Crippen LogP contribution in [-0.4, -0.2) is 47.8 Å². The summed E-state index contributed by atoms with van der Waals surface area (Å²) in [7, 11) is 0. The van der Waals surface area contributed by atoms with Gasteiger partial charge in [0, 0.05) is 25.2 Å². The van der Waals surface area contributed by atoms with Gasteiger partial charge in [-0.05, 0) is 44.0 Å². The summed E-state index contributed by atoms with van der Waals surface area (Å²) in [4.78, 5) is 15.2. The first-order valence-electron chi connectivity index (χ1n) is 10.1. The van der Waals surface area contributed by atoms with E-state index in [1.165, 1.54) is 6.07 Å². The number of nitrogens with one attached hydrogen (secondary N) is 1. The van der Waals surface area contributed by atoms with E-state index in [0.29, 0.717) is 48.8 Å². The lowest BCUT2D eigenvalue weighted by Gasteiger charge is -2.36. The molecule has 1 atom stereocenters.